The van der Waals surface area contributed by atoms with E-state index in [-0.39, 0.29) is 5.56 Å². The van der Waals surface area contributed by atoms with Crippen molar-refractivity contribution >= 4 is 6.09 Å². The Hall–Kier alpha value is -3.62. The van der Waals surface area contributed by atoms with Crippen LogP contribution in [0.15, 0.2) is 67.0 Å². The summed E-state index contributed by atoms with van der Waals surface area (Å²) in [5.41, 5.74) is 2.22. The Bertz CT molecular complexity index is 1070. The van der Waals surface area contributed by atoms with E-state index in [4.69, 9.17) is 4.74 Å². The van der Waals surface area contributed by atoms with Gasteiger partial charge in [0.05, 0.1) is 6.54 Å². The van der Waals surface area contributed by atoms with Gasteiger partial charge < -0.3 is 9.47 Å². The van der Waals surface area contributed by atoms with Crippen LogP contribution >= 0.6 is 0 Å². The number of cyclic esters (lactones) is 1. The maximum atomic E-state index is 14.3. The van der Waals surface area contributed by atoms with Gasteiger partial charge in [-0.2, -0.15) is 0 Å². The van der Waals surface area contributed by atoms with Gasteiger partial charge >= 0.3 is 12.5 Å². The summed E-state index contributed by atoms with van der Waals surface area (Å²) in [6.45, 7) is 0.679. The van der Waals surface area contributed by atoms with Crippen molar-refractivity contribution in [3.05, 3.63) is 83.9 Å². The Kier molecular flexibility index (Phi) is 5.50. The maximum absolute atomic E-state index is 14.3. The van der Waals surface area contributed by atoms with Crippen LogP contribution in [0.5, 0.6) is 5.75 Å². The maximum Gasteiger partial charge on any atom is 0.573 e. The van der Waals surface area contributed by atoms with Gasteiger partial charge in [-0.25, -0.2) is 9.18 Å². The number of ether oxygens (including phenoxy) is 2. The molecule has 0 radical (unpaired) electrons. The summed E-state index contributed by atoms with van der Waals surface area (Å²) in [6.07, 6.45) is -2.44. The van der Waals surface area contributed by atoms with Crippen LogP contribution in [0, 0.1) is 5.82 Å². The minimum Gasteiger partial charge on any atom is -0.439 e. The van der Waals surface area contributed by atoms with Gasteiger partial charge in [-0.15, -0.1) is 13.2 Å². The number of amides is 1. The number of carbonyl (C=O) groups excluding carboxylic acids is 1. The largest absolute Gasteiger partial charge is 0.573 e. The van der Waals surface area contributed by atoms with Crippen LogP contribution in [0.25, 0.3) is 11.1 Å². The standard InChI is InChI=1S/C22H16F4N2O3/c23-19-10-17(31-22(24,25)26)7-8-18(19)15-5-3-14(4-6-15)12-28-13-20(30-21(28)29)16-2-1-9-27-11-16/h1-11,20H,12-13H2. The van der Waals surface area contributed by atoms with Crippen molar-refractivity contribution in [1.82, 2.24) is 9.88 Å². The first kappa shape index (κ1) is 20.6. The lowest BCUT2D eigenvalue weighted by Crippen LogP contribution is -2.23. The molecule has 1 fully saturated rings. The number of hydrogen-bond acceptors (Lipinski definition) is 4. The van der Waals surface area contributed by atoms with E-state index in [0.29, 0.717) is 24.7 Å². The first-order valence-electron chi connectivity index (χ1n) is 9.28. The van der Waals surface area contributed by atoms with Crippen LogP contribution in [0.1, 0.15) is 17.2 Å². The number of halogens is 4. The van der Waals surface area contributed by atoms with E-state index in [9.17, 15) is 22.4 Å². The fraction of sp³-hybridized carbons (Fsp3) is 0.182. The second kappa shape index (κ2) is 8.25. The van der Waals surface area contributed by atoms with Gasteiger partial charge in [0, 0.05) is 36.1 Å². The van der Waals surface area contributed by atoms with E-state index in [1.54, 1.807) is 47.6 Å². The molecule has 1 aliphatic rings. The Labute approximate surface area is 174 Å². The Morgan fingerprint density at radius 3 is 2.55 bits per heavy atom. The van der Waals surface area contributed by atoms with E-state index in [1.165, 1.54) is 6.07 Å². The van der Waals surface area contributed by atoms with Crippen molar-refractivity contribution in [1.29, 1.82) is 0 Å². The molecule has 0 saturated carbocycles. The fourth-order valence-electron chi connectivity index (χ4n) is 3.31. The van der Waals surface area contributed by atoms with Crippen LogP contribution in [0.2, 0.25) is 0 Å². The molecule has 3 aromatic rings. The van der Waals surface area contributed by atoms with E-state index in [2.05, 4.69) is 9.72 Å². The summed E-state index contributed by atoms with van der Waals surface area (Å²) in [5, 5.41) is 0. The number of carbonyl (C=O) groups is 1. The molecule has 0 aliphatic carbocycles. The highest BCUT2D eigenvalue weighted by molar-refractivity contribution is 5.70. The molecular weight excluding hydrogens is 416 g/mol. The van der Waals surface area contributed by atoms with Crippen molar-refractivity contribution in [3.63, 3.8) is 0 Å². The molecule has 4 rings (SSSR count). The first-order chi connectivity index (χ1) is 14.8. The summed E-state index contributed by atoms with van der Waals surface area (Å²) >= 11 is 0. The SMILES string of the molecule is O=C1OC(c2cccnc2)CN1Cc1ccc(-c2ccc(OC(F)(F)F)cc2F)cc1. The van der Waals surface area contributed by atoms with Crippen LogP contribution in [-0.2, 0) is 11.3 Å². The predicted molar refractivity (Wildman–Crippen MR) is 102 cm³/mol. The molecule has 31 heavy (non-hydrogen) atoms. The molecule has 0 bridgehead atoms. The fourth-order valence-corrected chi connectivity index (χ4v) is 3.31. The van der Waals surface area contributed by atoms with Crippen molar-refractivity contribution < 1.29 is 31.8 Å². The number of nitrogens with zero attached hydrogens (tertiary/aromatic N) is 2. The third kappa shape index (κ3) is 4.93. The Morgan fingerprint density at radius 1 is 1.13 bits per heavy atom. The highest BCUT2D eigenvalue weighted by atomic mass is 19.4. The molecule has 0 spiro atoms. The lowest BCUT2D eigenvalue weighted by molar-refractivity contribution is -0.274. The lowest BCUT2D eigenvalue weighted by Gasteiger charge is -2.14. The normalized spacial score (nSPS) is 16.3. The number of rotatable bonds is 5. The molecular formula is C22H16F4N2O3. The van der Waals surface area contributed by atoms with Gasteiger partial charge in [0.1, 0.15) is 17.7 Å². The molecule has 1 unspecified atom stereocenters. The number of aromatic nitrogens is 1. The summed E-state index contributed by atoms with van der Waals surface area (Å²) < 4.78 is 60.2. The molecule has 160 valence electrons. The van der Waals surface area contributed by atoms with Gasteiger partial charge in [0.2, 0.25) is 0 Å². The van der Waals surface area contributed by atoms with E-state index in [1.807, 2.05) is 6.07 Å². The number of alkyl halides is 3. The minimum atomic E-state index is -4.89. The van der Waals surface area contributed by atoms with Gasteiger partial charge in [-0.3, -0.25) is 9.88 Å². The summed E-state index contributed by atoms with van der Waals surface area (Å²) in [7, 11) is 0. The number of pyridine rings is 1. The van der Waals surface area contributed by atoms with Crippen LogP contribution in [0.4, 0.5) is 22.4 Å². The summed E-state index contributed by atoms with van der Waals surface area (Å²) in [5.74, 6) is -1.46. The summed E-state index contributed by atoms with van der Waals surface area (Å²) in [4.78, 5) is 17.7. The zero-order valence-corrected chi connectivity index (χ0v) is 16.0. The van der Waals surface area contributed by atoms with Crippen molar-refractivity contribution in [3.8, 4) is 16.9 Å². The molecule has 0 N–H and O–H groups in total. The van der Waals surface area contributed by atoms with Crippen LogP contribution < -0.4 is 4.74 Å². The second-order valence-corrected chi connectivity index (χ2v) is 6.93. The smallest absolute Gasteiger partial charge is 0.439 e. The van der Waals surface area contributed by atoms with E-state index in [0.717, 1.165) is 17.2 Å². The Balaban J connectivity index is 1.43. The predicted octanol–water partition coefficient (Wildman–Crippen LogP) is 5.48. The average molecular weight is 432 g/mol. The summed E-state index contributed by atoms with van der Waals surface area (Å²) in [6, 6.07) is 13.3. The van der Waals surface area contributed by atoms with Crippen molar-refractivity contribution in [2.75, 3.05) is 6.54 Å². The third-order valence-electron chi connectivity index (χ3n) is 4.76. The van der Waals surface area contributed by atoms with Gasteiger partial charge in [0.25, 0.3) is 0 Å². The molecule has 1 amide bonds. The molecule has 1 saturated heterocycles. The zero-order valence-electron chi connectivity index (χ0n) is 16.0. The van der Waals surface area contributed by atoms with E-state index < -0.39 is 30.1 Å². The molecule has 1 atom stereocenters. The van der Waals surface area contributed by atoms with Crippen LogP contribution in [-0.4, -0.2) is 28.9 Å². The molecule has 1 aromatic heterocycles. The molecule has 1 aliphatic heterocycles. The molecule has 5 nitrogen and oxygen atoms in total. The van der Waals surface area contributed by atoms with Crippen LogP contribution in [0.3, 0.4) is 0 Å². The zero-order chi connectivity index (χ0) is 22.0. The second-order valence-electron chi connectivity index (χ2n) is 6.93. The molecule has 2 heterocycles. The topological polar surface area (TPSA) is 51.7 Å². The molecule has 9 heteroatoms. The third-order valence-corrected chi connectivity index (χ3v) is 4.76. The molecule has 2 aromatic carbocycles. The quantitative estimate of drug-likeness (QED) is 0.501. The number of hydrogen-bond donors (Lipinski definition) is 0. The highest BCUT2D eigenvalue weighted by Crippen LogP contribution is 2.30. The van der Waals surface area contributed by atoms with Gasteiger partial charge in [-0.05, 0) is 29.3 Å². The minimum absolute atomic E-state index is 0.137. The highest BCUT2D eigenvalue weighted by Gasteiger charge is 2.33. The average Bonchev–Trinajstić information content (AvgIpc) is 3.09. The van der Waals surface area contributed by atoms with E-state index >= 15 is 0 Å². The van der Waals surface area contributed by atoms with Gasteiger partial charge in [-0.1, -0.05) is 30.3 Å². The Morgan fingerprint density at radius 2 is 1.90 bits per heavy atom. The first-order valence-corrected chi connectivity index (χ1v) is 9.28. The lowest BCUT2D eigenvalue weighted by atomic mass is 10.0. The van der Waals surface area contributed by atoms with Crippen molar-refractivity contribution in [2.45, 2.75) is 19.0 Å². The van der Waals surface area contributed by atoms with Crippen molar-refractivity contribution in [2.24, 2.45) is 0 Å². The van der Waals surface area contributed by atoms with Gasteiger partial charge in [0.15, 0.2) is 0 Å². The monoisotopic (exact) mass is 432 g/mol. The number of benzene rings is 2.